The van der Waals surface area contributed by atoms with Crippen molar-refractivity contribution in [2.45, 2.75) is 13.8 Å². The first-order valence-corrected chi connectivity index (χ1v) is 10.4. The number of benzene rings is 1. The lowest BCUT2D eigenvalue weighted by molar-refractivity contribution is -0.895. The zero-order valence-electron chi connectivity index (χ0n) is 15.9. The van der Waals surface area contributed by atoms with E-state index >= 15 is 0 Å². The SMILES string of the molecule is Cc1cccc(C)c1NC(=O)C[NH+]1CCN(C(=O)CN2CSCC2=O)CC1. The molecule has 0 aromatic heterocycles. The molecule has 0 spiro atoms. The maximum Gasteiger partial charge on any atom is 0.279 e. The Morgan fingerprint density at radius 3 is 2.44 bits per heavy atom. The average molecular weight is 392 g/mol. The van der Waals surface area contributed by atoms with Gasteiger partial charge in [0.1, 0.15) is 6.54 Å². The van der Waals surface area contributed by atoms with Crippen molar-refractivity contribution in [2.24, 2.45) is 0 Å². The number of nitrogens with one attached hydrogen (secondary N) is 2. The summed E-state index contributed by atoms with van der Waals surface area (Å²) < 4.78 is 0. The molecule has 2 fully saturated rings. The highest BCUT2D eigenvalue weighted by atomic mass is 32.2. The summed E-state index contributed by atoms with van der Waals surface area (Å²) in [6, 6.07) is 5.96. The van der Waals surface area contributed by atoms with E-state index < -0.39 is 0 Å². The number of carbonyl (C=O) groups is 3. The van der Waals surface area contributed by atoms with Crippen molar-refractivity contribution in [1.82, 2.24) is 9.80 Å². The van der Waals surface area contributed by atoms with Crippen LogP contribution in [-0.2, 0) is 14.4 Å². The summed E-state index contributed by atoms with van der Waals surface area (Å²) in [5, 5.41) is 3.03. The van der Waals surface area contributed by atoms with E-state index in [1.165, 1.54) is 4.90 Å². The van der Waals surface area contributed by atoms with Gasteiger partial charge in [-0.2, -0.15) is 0 Å². The summed E-state index contributed by atoms with van der Waals surface area (Å²) in [6.45, 7) is 7.29. The first-order chi connectivity index (χ1) is 12.9. The molecule has 2 aliphatic rings. The molecule has 3 amide bonds. The molecule has 0 aliphatic carbocycles. The molecule has 0 atom stereocenters. The lowest BCUT2D eigenvalue weighted by atomic mass is 10.1. The fraction of sp³-hybridized carbons (Fsp3) is 0.526. The molecule has 1 aromatic rings. The number of anilines is 1. The van der Waals surface area contributed by atoms with Crippen molar-refractivity contribution in [2.75, 3.05) is 56.2 Å². The molecule has 2 heterocycles. The van der Waals surface area contributed by atoms with Crippen LogP contribution in [0.25, 0.3) is 0 Å². The van der Waals surface area contributed by atoms with Crippen molar-refractivity contribution >= 4 is 35.2 Å². The van der Waals surface area contributed by atoms with Gasteiger partial charge in [0, 0.05) is 5.69 Å². The molecule has 1 aromatic carbocycles. The predicted octanol–water partition coefficient (Wildman–Crippen LogP) is -0.498. The van der Waals surface area contributed by atoms with Gasteiger partial charge < -0.3 is 20.0 Å². The molecule has 0 unspecified atom stereocenters. The molecule has 2 aliphatic heterocycles. The van der Waals surface area contributed by atoms with Gasteiger partial charge in [0.05, 0.1) is 37.8 Å². The van der Waals surface area contributed by atoms with Crippen LogP contribution in [0.1, 0.15) is 11.1 Å². The number of piperazine rings is 1. The number of hydrogen-bond acceptors (Lipinski definition) is 4. The van der Waals surface area contributed by atoms with Gasteiger partial charge in [-0.1, -0.05) is 18.2 Å². The Bertz CT molecular complexity index is 711. The number of thioether (sulfide) groups is 1. The molecule has 146 valence electrons. The first kappa shape index (κ1) is 19.7. The predicted molar refractivity (Wildman–Crippen MR) is 106 cm³/mol. The Morgan fingerprint density at radius 2 is 1.85 bits per heavy atom. The third-order valence-electron chi connectivity index (χ3n) is 5.13. The van der Waals surface area contributed by atoms with Gasteiger partial charge in [0.2, 0.25) is 11.8 Å². The minimum Gasteiger partial charge on any atom is -0.330 e. The number of aryl methyl sites for hydroxylation is 2. The van der Waals surface area contributed by atoms with Crippen LogP contribution in [0.4, 0.5) is 5.69 Å². The molecule has 0 bridgehead atoms. The van der Waals surface area contributed by atoms with E-state index in [1.54, 1.807) is 16.7 Å². The summed E-state index contributed by atoms with van der Waals surface area (Å²) in [7, 11) is 0. The van der Waals surface area contributed by atoms with E-state index in [1.807, 2.05) is 36.9 Å². The van der Waals surface area contributed by atoms with Crippen molar-refractivity contribution < 1.29 is 19.3 Å². The van der Waals surface area contributed by atoms with Gasteiger partial charge >= 0.3 is 0 Å². The van der Waals surface area contributed by atoms with E-state index in [4.69, 9.17) is 0 Å². The number of carbonyl (C=O) groups excluding carboxylic acids is 3. The second-order valence-corrected chi connectivity index (χ2v) is 8.15. The second kappa shape index (κ2) is 8.75. The quantitative estimate of drug-likeness (QED) is 0.710. The Labute approximate surface area is 164 Å². The highest BCUT2D eigenvalue weighted by Crippen LogP contribution is 2.19. The standard InChI is InChI=1S/C19H26N4O3S/c1-14-4-3-5-15(2)19(14)20-16(24)10-21-6-8-22(9-7-21)17(25)11-23-13-27-12-18(23)26/h3-5H,6-13H2,1-2H3,(H,20,24)/p+1. The van der Waals surface area contributed by atoms with Gasteiger partial charge in [0.25, 0.3) is 5.91 Å². The van der Waals surface area contributed by atoms with Gasteiger partial charge in [-0.3, -0.25) is 14.4 Å². The summed E-state index contributed by atoms with van der Waals surface area (Å²) >= 11 is 1.55. The van der Waals surface area contributed by atoms with E-state index in [0.717, 1.165) is 29.9 Å². The number of quaternary nitrogens is 1. The largest absolute Gasteiger partial charge is 0.330 e. The maximum atomic E-state index is 12.4. The maximum absolute atomic E-state index is 12.4. The van der Waals surface area contributed by atoms with Crippen LogP contribution in [0.3, 0.4) is 0 Å². The zero-order chi connectivity index (χ0) is 19.4. The van der Waals surface area contributed by atoms with Crippen LogP contribution in [-0.4, -0.2) is 78.4 Å². The molecule has 2 saturated heterocycles. The van der Waals surface area contributed by atoms with Gasteiger partial charge in [-0.25, -0.2) is 0 Å². The summed E-state index contributed by atoms with van der Waals surface area (Å²) in [5.41, 5.74) is 3.01. The molecule has 0 saturated carbocycles. The molecule has 8 heteroatoms. The third-order valence-corrected chi connectivity index (χ3v) is 6.08. The van der Waals surface area contributed by atoms with E-state index in [9.17, 15) is 14.4 Å². The highest BCUT2D eigenvalue weighted by molar-refractivity contribution is 8.00. The molecule has 27 heavy (non-hydrogen) atoms. The molecule has 3 rings (SSSR count). The minimum atomic E-state index is 0.00173. The molecular formula is C19H27N4O3S+. The van der Waals surface area contributed by atoms with Crippen LogP contribution in [0.5, 0.6) is 0 Å². The topological polar surface area (TPSA) is 74.2 Å². The number of para-hydroxylation sites is 1. The van der Waals surface area contributed by atoms with Crippen molar-refractivity contribution in [3.8, 4) is 0 Å². The normalized spacial score (nSPS) is 18.1. The van der Waals surface area contributed by atoms with E-state index in [2.05, 4.69) is 5.32 Å². The van der Waals surface area contributed by atoms with Crippen molar-refractivity contribution in [3.05, 3.63) is 29.3 Å². The fourth-order valence-corrected chi connectivity index (χ4v) is 4.38. The van der Waals surface area contributed by atoms with Crippen LogP contribution in [0.15, 0.2) is 18.2 Å². The third kappa shape index (κ3) is 5.01. The smallest absolute Gasteiger partial charge is 0.279 e. The molecule has 7 nitrogen and oxygen atoms in total. The molecule has 2 N–H and O–H groups in total. The number of amides is 3. The van der Waals surface area contributed by atoms with Crippen molar-refractivity contribution in [3.63, 3.8) is 0 Å². The highest BCUT2D eigenvalue weighted by Gasteiger charge is 2.29. The van der Waals surface area contributed by atoms with Gasteiger partial charge in [0.15, 0.2) is 6.54 Å². The first-order valence-electron chi connectivity index (χ1n) is 9.27. The second-order valence-electron chi connectivity index (χ2n) is 7.19. The number of nitrogens with zero attached hydrogens (tertiary/aromatic N) is 2. The van der Waals surface area contributed by atoms with Crippen molar-refractivity contribution in [1.29, 1.82) is 0 Å². The van der Waals surface area contributed by atoms with Gasteiger partial charge in [-0.05, 0) is 25.0 Å². The summed E-state index contributed by atoms with van der Waals surface area (Å²) in [6.07, 6.45) is 0. The Morgan fingerprint density at radius 1 is 1.19 bits per heavy atom. The Balaban J connectivity index is 1.44. The lowest BCUT2D eigenvalue weighted by Gasteiger charge is -2.32. The van der Waals surface area contributed by atoms with Crippen LogP contribution < -0.4 is 10.2 Å². The zero-order valence-corrected chi connectivity index (χ0v) is 16.7. The van der Waals surface area contributed by atoms with Crippen LogP contribution in [0, 0.1) is 13.8 Å². The molecule has 0 radical (unpaired) electrons. The fourth-order valence-electron chi connectivity index (χ4n) is 3.47. The molecular weight excluding hydrogens is 364 g/mol. The van der Waals surface area contributed by atoms with Crippen LogP contribution in [0.2, 0.25) is 0 Å². The van der Waals surface area contributed by atoms with Gasteiger partial charge in [-0.15, -0.1) is 11.8 Å². The summed E-state index contributed by atoms with van der Waals surface area (Å²) in [4.78, 5) is 41.0. The minimum absolute atomic E-state index is 0.00173. The van der Waals surface area contributed by atoms with E-state index in [-0.39, 0.29) is 24.3 Å². The average Bonchev–Trinajstić information content (AvgIpc) is 3.03. The monoisotopic (exact) mass is 391 g/mol. The lowest BCUT2D eigenvalue weighted by Crippen LogP contribution is -3.15. The number of rotatable bonds is 5. The number of hydrogen-bond donors (Lipinski definition) is 2. The Kier molecular flexibility index (Phi) is 6.38. The summed E-state index contributed by atoms with van der Waals surface area (Å²) in [5.74, 6) is 1.13. The Hall–Kier alpha value is -2.06. The van der Waals surface area contributed by atoms with Crippen LogP contribution >= 0.6 is 11.8 Å². The van der Waals surface area contributed by atoms with E-state index in [0.29, 0.717) is 31.3 Å².